The minimum absolute atomic E-state index is 0.0154. The first kappa shape index (κ1) is 18.0. The van der Waals surface area contributed by atoms with E-state index >= 15 is 0 Å². The van der Waals surface area contributed by atoms with E-state index in [4.69, 9.17) is 16.3 Å². The number of piperidine rings is 1. The van der Waals surface area contributed by atoms with Crippen LogP contribution in [0.1, 0.15) is 23.2 Å². The fourth-order valence-corrected chi connectivity index (χ4v) is 3.42. The number of rotatable bonds is 5. The Kier molecular flexibility index (Phi) is 5.81. The zero-order valence-electron chi connectivity index (χ0n) is 14.4. The van der Waals surface area contributed by atoms with Crippen LogP contribution in [0, 0.1) is 11.8 Å². The average Bonchev–Trinajstić information content (AvgIpc) is 2.59. The van der Waals surface area contributed by atoms with Crippen molar-refractivity contribution >= 4 is 23.4 Å². The molecule has 3 rings (SSSR count). The van der Waals surface area contributed by atoms with Crippen molar-refractivity contribution < 1.29 is 14.3 Å². The fraction of sp³-hybridized carbons (Fsp3) is 0.556. The van der Waals surface area contributed by atoms with Crippen molar-refractivity contribution in [2.45, 2.75) is 12.8 Å². The summed E-state index contributed by atoms with van der Waals surface area (Å²) in [5.41, 5.74) is 0.468. The van der Waals surface area contributed by atoms with Crippen molar-refractivity contribution in [3.8, 4) is 5.75 Å². The summed E-state index contributed by atoms with van der Waals surface area (Å²) in [6.07, 6.45) is 1.37. The predicted molar refractivity (Wildman–Crippen MR) is 96.0 cm³/mol. The molecule has 2 heterocycles. The molecule has 1 aromatic carbocycles. The van der Waals surface area contributed by atoms with Crippen LogP contribution in [0.4, 0.5) is 0 Å². The standard InChI is InChI=1S/C18H24ClN3O3/c1-25-16-3-2-14(19)8-15(16)18(24)22-6-4-13(5-7-22)17(23)21-11-12-9-20-10-12/h2-3,8,12-13,20H,4-7,9-11H2,1H3,(H,21,23). The number of nitrogens with one attached hydrogen (secondary N) is 2. The van der Waals surface area contributed by atoms with Gasteiger partial charge in [-0.15, -0.1) is 0 Å². The van der Waals surface area contributed by atoms with E-state index in [1.54, 1.807) is 23.1 Å². The molecule has 0 unspecified atom stereocenters. The molecule has 6 nitrogen and oxygen atoms in total. The lowest BCUT2D eigenvalue weighted by molar-refractivity contribution is -0.126. The molecule has 2 aliphatic rings. The Morgan fingerprint density at radius 3 is 2.64 bits per heavy atom. The molecule has 0 aromatic heterocycles. The molecule has 2 N–H and O–H groups in total. The summed E-state index contributed by atoms with van der Waals surface area (Å²) >= 11 is 6.01. The van der Waals surface area contributed by atoms with Gasteiger partial charge in [0.2, 0.25) is 5.91 Å². The van der Waals surface area contributed by atoms with Crippen LogP contribution in [0.3, 0.4) is 0 Å². The van der Waals surface area contributed by atoms with Gasteiger partial charge < -0.3 is 20.3 Å². The van der Waals surface area contributed by atoms with Gasteiger partial charge in [-0.3, -0.25) is 9.59 Å². The molecule has 25 heavy (non-hydrogen) atoms. The molecular weight excluding hydrogens is 342 g/mol. The summed E-state index contributed by atoms with van der Waals surface area (Å²) in [5, 5.41) is 6.74. The number of amides is 2. The Hall–Kier alpha value is -1.79. The molecule has 0 atom stereocenters. The number of hydrogen-bond donors (Lipinski definition) is 2. The Morgan fingerprint density at radius 2 is 2.04 bits per heavy atom. The van der Waals surface area contributed by atoms with Gasteiger partial charge in [0, 0.05) is 49.6 Å². The van der Waals surface area contributed by atoms with Gasteiger partial charge in [0.1, 0.15) is 5.75 Å². The molecule has 0 bridgehead atoms. The van der Waals surface area contributed by atoms with Crippen molar-refractivity contribution in [3.05, 3.63) is 28.8 Å². The highest BCUT2D eigenvalue weighted by Crippen LogP contribution is 2.26. The van der Waals surface area contributed by atoms with Gasteiger partial charge in [-0.1, -0.05) is 11.6 Å². The fourth-order valence-electron chi connectivity index (χ4n) is 3.24. The monoisotopic (exact) mass is 365 g/mol. The van der Waals surface area contributed by atoms with E-state index in [1.165, 1.54) is 7.11 Å². The highest BCUT2D eigenvalue weighted by molar-refractivity contribution is 6.31. The molecule has 136 valence electrons. The van der Waals surface area contributed by atoms with Crippen LogP contribution in [-0.2, 0) is 4.79 Å². The minimum Gasteiger partial charge on any atom is -0.496 e. The van der Waals surface area contributed by atoms with E-state index in [0.29, 0.717) is 48.2 Å². The van der Waals surface area contributed by atoms with Gasteiger partial charge >= 0.3 is 0 Å². The zero-order chi connectivity index (χ0) is 17.8. The second kappa shape index (κ2) is 8.06. The smallest absolute Gasteiger partial charge is 0.257 e. The number of halogens is 1. The molecule has 7 heteroatoms. The summed E-state index contributed by atoms with van der Waals surface area (Å²) in [5.74, 6) is 1.07. The molecule has 0 spiro atoms. The summed E-state index contributed by atoms with van der Waals surface area (Å²) in [6, 6.07) is 5.03. The number of benzene rings is 1. The molecule has 2 aliphatic heterocycles. The predicted octanol–water partition coefficient (Wildman–Crippen LogP) is 1.54. The zero-order valence-corrected chi connectivity index (χ0v) is 15.1. The molecule has 2 saturated heterocycles. The van der Waals surface area contributed by atoms with Gasteiger partial charge in [0.05, 0.1) is 12.7 Å². The highest BCUT2D eigenvalue weighted by atomic mass is 35.5. The van der Waals surface area contributed by atoms with E-state index in [9.17, 15) is 9.59 Å². The largest absolute Gasteiger partial charge is 0.496 e. The SMILES string of the molecule is COc1ccc(Cl)cc1C(=O)N1CCC(C(=O)NCC2CNC2)CC1. The van der Waals surface area contributed by atoms with Crippen LogP contribution in [0.2, 0.25) is 5.02 Å². The van der Waals surface area contributed by atoms with Crippen LogP contribution in [0.25, 0.3) is 0 Å². The van der Waals surface area contributed by atoms with Crippen LogP contribution in [0.15, 0.2) is 18.2 Å². The number of carbonyl (C=O) groups is 2. The van der Waals surface area contributed by atoms with E-state index < -0.39 is 0 Å². The molecule has 2 fully saturated rings. The van der Waals surface area contributed by atoms with Crippen LogP contribution < -0.4 is 15.4 Å². The van der Waals surface area contributed by atoms with Crippen molar-refractivity contribution in [3.63, 3.8) is 0 Å². The topological polar surface area (TPSA) is 70.7 Å². The van der Waals surface area contributed by atoms with Crippen molar-refractivity contribution in [2.75, 3.05) is 39.8 Å². The first-order chi connectivity index (χ1) is 12.1. The Bertz CT molecular complexity index is 640. The second-order valence-electron chi connectivity index (χ2n) is 6.68. The summed E-state index contributed by atoms with van der Waals surface area (Å²) < 4.78 is 5.27. The lowest BCUT2D eigenvalue weighted by Crippen LogP contribution is -2.50. The second-order valence-corrected chi connectivity index (χ2v) is 7.12. The molecule has 0 radical (unpaired) electrons. The van der Waals surface area contributed by atoms with Crippen molar-refractivity contribution in [1.29, 1.82) is 0 Å². The van der Waals surface area contributed by atoms with E-state index in [1.807, 2.05) is 0 Å². The summed E-state index contributed by atoms with van der Waals surface area (Å²) in [4.78, 5) is 26.8. The van der Waals surface area contributed by atoms with Gasteiger partial charge in [0.15, 0.2) is 0 Å². The van der Waals surface area contributed by atoms with Crippen molar-refractivity contribution in [2.24, 2.45) is 11.8 Å². The third-order valence-corrected chi connectivity index (χ3v) is 5.21. The van der Waals surface area contributed by atoms with Gasteiger partial charge in [0.25, 0.3) is 5.91 Å². The van der Waals surface area contributed by atoms with E-state index in [0.717, 1.165) is 19.6 Å². The lowest BCUT2D eigenvalue weighted by Gasteiger charge is -2.33. The van der Waals surface area contributed by atoms with Crippen molar-refractivity contribution in [1.82, 2.24) is 15.5 Å². The van der Waals surface area contributed by atoms with E-state index in [2.05, 4.69) is 10.6 Å². The first-order valence-electron chi connectivity index (χ1n) is 8.69. The summed E-state index contributed by atoms with van der Waals surface area (Å²) in [7, 11) is 1.54. The number of hydrogen-bond acceptors (Lipinski definition) is 4. The van der Waals surface area contributed by atoms with Gasteiger partial charge in [-0.25, -0.2) is 0 Å². The van der Waals surface area contributed by atoms with E-state index in [-0.39, 0.29) is 17.7 Å². The Labute approximate surface area is 152 Å². The molecule has 0 saturated carbocycles. The third kappa shape index (κ3) is 4.25. The Balaban J connectivity index is 1.53. The summed E-state index contributed by atoms with van der Waals surface area (Å²) in [6.45, 7) is 3.84. The maximum absolute atomic E-state index is 12.7. The maximum Gasteiger partial charge on any atom is 0.257 e. The minimum atomic E-state index is -0.0984. The average molecular weight is 366 g/mol. The Morgan fingerprint density at radius 1 is 1.32 bits per heavy atom. The third-order valence-electron chi connectivity index (χ3n) is 4.98. The normalized spacial score (nSPS) is 18.6. The number of nitrogens with zero attached hydrogens (tertiary/aromatic N) is 1. The lowest BCUT2D eigenvalue weighted by atomic mass is 9.94. The van der Waals surface area contributed by atoms with Gasteiger partial charge in [-0.2, -0.15) is 0 Å². The number of ether oxygens (including phenoxy) is 1. The number of likely N-dealkylation sites (tertiary alicyclic amines) is 1. The van der Waals surface area contributed by atoms with Crippen LogP contribution in [-0.4, -0.2) is 56.5 Å². The maximum atomic E-state index is 12.7. The molecule has 1 aromatic rings. The quantitative estimate of drug-likeness (QED) is 0.830. The number of methoxy groups -OCH3 is 1. The highest BCUT2D eigenvalue weighted by Gasteiger charge is 2.29. The molecule has 0 aliphatic carbocycles. The first-order valence-corrected chi connectivity index (χ1v) is 9.07. The van der Waals surface area contributed by atoms with Crippen LogP contribution >= 0.6 is 11.6 Å². The number of carbonyl (C=O) groups excluding carboxylic acids is 2. The van der Waals surface area contributed by atoms with Crippen LogP contribution in [0.5, 0.6) is 5.75 Å². The molecular formula is C18H24ClN3O3. The van der Waals surface area contributed by atoms with Gasteiger partial charge in [-0.05, 0) is 31.0 Å². The molecule has 2 amide bonds.